The molecule has 0 saturated heterocycles. The van der Waals surface area contributed by atoms with Gasteiger partial charge in [0, 0.05) is 24.3 Å². The third-order valence-electron chi connectivity index (χ3n) is 2.25. The van der Waals surface area contributed by atoms with Crippen LogP contribution in [0.15, 0.2) is 18.2 Å². The van der Waals surface area contributed by atoms with Gasteiger partial charge in [-0.25, -0.2) is 4.79 Å². The molecule has 6 N–H and O–H groups in total. The number of rotatable bonds is 5. The molecule has 0 aliphatic carbocycles. The third-order valence-corrected chi connectivity index (χ3v) is 2.47. The van der Waals surface area contributed by atoms with Crippen molar-refractivity contribution in [1.82, 2.24) is 5.32 Å². The Morgan fingerprint density at radius 3 is 2.59 bits per heavy atom. The Labute approximate surface area is 106 Å². The number of nitrogens with one attached hydrogen (secondary N) is 2. The van der Waals surface area contributed by atoms with Crippen molar-refractivity contribution < 1.29 is 4.79 Å². The van der Waals surface area contributed by atoms with Crippen LogP contribution >= 0.6 is 12.2 Å². The number of hydrogen-bond acceptors (Lipinski definition) is 3. The van der Waals surface area contributed by atoms with Crippen molar-refractivity contribution in [3.63, 3.8) is 0 Å². The van der Waals surface area contributed by atoms with E-state index in [-0.39, 0.29) is 0 Å². The number of carbonyl (C=O) groups is 1. The summed E-state index contributed by atoms with van der Waals surface area (Å²) in [5, 5.41) is 5.65. The van der Waals surface area contributed by atoms with E-state index >= 15 is 0 Å². The van der Waals surface area contributed by atoms with Crippen molar-refractivity contribution >= 4 is 28.9 Å². The van der Waals surface area contributed by atoms with E-state index in [1.165, 1.54) is 0 Å². The molecule has 17 heavy (non-hydrogen) atoms. The fourth-order valence-corrected chi connectivity index (χ4v) is 1.67. The molecule has 0 spiro atoms. The van der Waals surface area contributed by atoms with E-state index in [1.54, 1.807) is 0 Å². The third kappa shape index (κ3) is 4.28. The van der Waals surface area contributed by atoms with Crippen molar-refractivity contribution in [2.75, 3.05) is 18.4 Å². The first-order valence-electron chi connectivity index (χ1n) is 5.18. The maximum absolute atomic E-state index is 10.4. The molecule has 0 saturated carbocycles. The SMILES string of the molecule is Cc1cc(NCCNC(N)=O)ccc1C(N)=S. The Bertz CT molecular complexity index is 433. The van der Waals surface area contributed by atoms with Crippen LogP contribution in [0.4, 0.5) is 10.5 Å². The molecule has 0 radical (unpaired) electrons. The van der Waals surface area contributed by atoms with E-state index in [1.807, 2.05) is 25.1 Å². The van der Waals surface area contributed by atoms with Crippen molar-refractivity contribution in [3.8, 4) is 0 Å². The highest BCUT2D eigenvalue weighted by Gasteiger charge is 2.02. The summed E-state index contributed by atoms with van der Waals surface area (Å²) in [6, 6.07) is 5.21. The average molecular weight is 252 g/mol. The Kier molecular flexibility index (Phi) is 4.71. The highest BCUT2D eigenvalue weighted by molar-refractivity contribution is 7.80. The molecule has 0 aliphatic heterocycles. The number of amides is 2. The van der Waals surface area contributed by atoms with Crippen molar-refractivity contribution in [2.24, 2.45) is 11.5 Å². The number of nitrogens with two attached hydrogens (primary N) is 2. The summed E-state index contributed by atoms with van der Waals surface area (Å²) >= 11 is 4.92. The van der Waals surface area contributed by atoms with Gasteiger partial charge in [0.1, 0.15) is 4.99 Å². The number of carbonyl (C=O) groups excluding carboxylic acids is 1. The number of hydrogen-bond donors (Lipinski definition) is 4. The second-order valence-corrected chi connectivity index (χ2v) is 4.05. The zero-order valence-electron chi connectivity index (χ0n) is 9.62. The maximum atomic E-state index is 10.4. The average Bonchev–Trinajstić information content (AvgIpc) is 2.23. The summed E-state index contributed by atoms with van der Waals surface area (Å²) in [6.45, 7) is 3.03. The van der Waals surface area contributed by atoms with Crippen LogP contribution in [0, 0.1) is 6.92 Å². The van der Waals surface area contributed by atoms with Crippen LogP contribution in [0.3, 0.4) is 0 Å². The lowest BCUT2D eigenvalue weighted by molar-refractivity contribution is 0.249. The van der Waals surface area contributed by atoms with Gasteiger partial charge >= 0.3 is 6.03 Å². The Morgan fingerprint density at radius 2 is 2.06 bits per heavy atom. The van der Waals surface area contributed by atoms with Crippen LogP contribution in [0.25, 0.3) is 0 Å². The van der Waals surface area contributed by atoms with Crippen molar-refractivity contribution in [1.29, 1.82) is 0 Å². The smallest absolute Gasteiger partial charge is 0.312 e. The molecule has 0 atom stereocenters. The van der Waals surface area contributed by atoms with Gasteiger partial charge in [0.05, 0.1) is 0 Å². The summed E-state index contributed by atoms with van der Waals surface area (Å²) in [6.07, 6.45) is 0. The van der Waals surface area contributed by atoms with Gasteiger partial charge in [0.15, 0.2) is 0 Å². The van der Waals surface area contributed by atoms with Gasteiger partial charge in [-0.15, -0.1) is 0 Å². The molecule has 0 unspecified atom stereocenters. The molecule has 1 aromatic rings. The number of thiocarbonyl (C=S) groups is 1. The molecule has 0 aliphatic rings. The molecule has 92 valence electrons. The van der Waals surface area contributed by atoms with Gasteiger partial charge in [-0.2, -0.15) is 0 Å². The van der Waals surface area contributed by atoms with E-state index in [0.29, 0.717) is 18.1 Å². The highest BCUT2D eigenvalue weighted by Crippen LogP contribution is 2.14. The lowest BCUT2D eigenvalue weighted by Gasteiger charge is -2.09. The Hall–Kier alpha value is -1.82. The van der Waals surface area contributed by atoms with E-state index in [2.05, 4.69) is 10.6 Å². The van der Waals surface area contributed by atoms with E-state index < -0.39 is 6.03 Å². The van der Waals surface area contributed by atoms with Crippen LogP contribution in [-0.2, 0) is 0 Å². The minimum atomic E-state index is -0.521. The van der Waals surface area contributed by atoms with Crippen LogP contribution in [0.5, 0.6) is 0 Å². The fourth-order valence-electron chi connectivity index (χ4n) is 1.44. The van der Waals surface area contributed by atoms with E-state index in [9.17, 15) is 4.79 Å². The summed E-state index contributed by atoms with van der Waals surface area (Å²) < 4.78 is 0. The first-order valence-corrected chi connectivity index (χ1v) is 5.59. The van der Waals surface area contributed by atoms with Gasteiger partial charge in [-0.1, -0.05) is 12.2 Å². The lowest BCUT2D eigenvalue weighted by Crippen LogP contribution is -2.33. The van der Waals surface area contributed by atoms with Gasteiger partial charge in [-0.05, 0) is 30.7 Å². The van der Waals surface area contributed by atoms with Crippen LogP contribution < -0.4 is 22.1 Å². The predicted molar refractivity (Wildman–Crippen MR) is 73.1 cm³/mol. The molecule has 0 aromatic heterocycles. The minimum absolute atomic E-state index is 0.393. The zero-order chi connectivity index (χ0) is 12.8. The minimum Gasteiger partial charge on any atom is -0.389 e. The van der Waals surface area contributed by atoms with Crippen molar-refractivity contribution in [3.05, 3.63) is 29.3 Å². The fraction of sp³-hybridized carbons (Fsp3) is 0.273. The summed E-state index contributed by atoms with van der Waals surface area (Å²) in [5.74, 6) is 0. The molecule has 6 heteroatoms. The second-order valence-electron chi connectivity index (χ2n) is 3.61. The highest BCUT2D eigenvalue weighted by atomic mass is 32.1. The Balaban J connectivity index is 2.53. The topological polar surface area (TPSA) is 93.2 Å². The summed E-state index contributed by atoms with van der Waals surface area (Å²) in [7, 11) is 0. The summed E-state index contributed by atoms with van der Waals surface area (Å²) in [5.41, 5.74) is 13.4. The first kappa shape index (κ1) is 13.2. The molecule has 1 rings (SSSR count). The normalized spacial score (nSPS) is 9.71. The number of urea groups is 1. The number of aryl methyl sites for hydroxylation is 1. The molecule has 2 amide bonds. The number of benzene rings is 1. The van der Waals surface area contributed by atoms with E-state index in [4.69, 9.17) is 23.7 Å². The quantitative estimate of drug-likeness (QED) is 0.458. The molecule has 5 nitrogen and oxygen atoms in total. The van der Waals surface area contributed by atoms with Gasteiger partial charge in [0.25, 0.3) is 0 Å². The zero-order valence-corrected chi connectivity index (χ0v) is 10.4. The number of primary amides is 1. The van der Waals surface area contributed by atoms with Crippen LogP contribution in [-0.4, -0.2) is 24.1 Å². The molecule has 0 bridgehead atoms. The van der Waals surface area contributed by atoms with Crippen molar-refractivity contribution in [2.45, 2.75) is 6.92 Å². The molecular weight excluding hydrogens is 236 g/mol. The lowest BCUT2D eigenvalue weighted by atomic mass is 10.1. The molecule has 0 fully saturated rings. The first-order chi connectivity index (χ1) is 8.00. The maximum Gasteiger partial charge on any atom is 0.312 e. The second kappa shape index (κ2) is 6.05. The largest absolute Gasteiger partial charge is 0.389 e. The van der Waals surface area contributed by atoms with E-state index in [0.717, 1.165) is 16.8 Å². The number of anilines is 1. The van der Waals surface area contributed by atoms with Crippen LogP contribution in [0.2, 0.25) is 0 Å². The predicted octanol–water partition coefficient (Wildman–Crippen LogP) is 0.709. The van der Waals surface area contributed by atoms with Gasteiger partial charge in [0.2, 0.25) is 0 Å². The molecule has 0 heterocycles. The Morgan fingerprint density at radius 1 is 1.35 bits per heavy atom. The standard InChI is InChI=1S/C11H16N4OS/c1-7-6-8(2-3-9(7)10(12)17)14-4-5-15-11(13)16/h2-3,6,14H,4-5H2,1H3,(H2,12,17)(H3,13,15,16). The summed E-state index contributed by atoms with van der Waals surface area (Å²) in [4.78, 5) is 10.8. The molecular formula is C11H16N4OS. The van der Waals surface area contributed by atoms with Crippen LogP contribution in [0.1, 0.15) is 11.1 Å². The van der Waals surface area contributed by atoms with Gasteiger partial charge in [-0.3, -0.25) is 0 Å². The monoisotopic (exact) mass is 252 g/mol. The molecule has 1 aromatic carbocycles. The van der Waals surface area contributed by atoms with Gasteiger partial charge < -0.3 is 22.1 Å².